The molecule has 0 fully saturated rings. The van der Waals surface area contributed by atoms with Crippen LogP contribution in [0.1, 0.15) is 10.4 Å². The van der Waals surface area contributed by atoms with Crippen LogP contribution in [0, 0.1) is 0 Å². The van der Waals surface area contributed by atoms with Gasteiger partial charge >= 0.3 is 0 Å². The topological polar surface area (TPSA) is 43.4 Å². The van der Waals surface area contributed by atoms with E-state index in [-0.39, 0.29) is 11.5 Å². The van der Waals surface area contributed by atoms with Crippen LogP contribution in [0.15, 0.2) is 71.6 Å². The molecule has 1 atom stereocenters. The third-order valence-electron chi connectivity index (χ3n) is 3.65. The molecule has 0 unspecified atom stereocenters. The molecule has 0 aliphatic heterocycles. The van der Waals surface area contributed by atoms with Crippen molar-refractivity contribution >= 4 is 27.4 Å². The third-order valence-corrected chi connectivity index (χ3v) is 5.05. The van der Waals surface area contributed by atoms with Crippen LogP contribution >= 0.6 is 0 Å². The van der Waals surface area contributed by atoms with Gasteiger partial charge in [-0.15, -0.1) is 0 Å². The molecular weight excluding hydrogens is 308 g/mol. The molecule has 0 heterocycles. The van der Waals surface area contributed by atoms with Crippen LogP contribution in [0.5, 0.6) is 5.75 Å². The number of hydrogen-bond donors (Lipinski definition) is 0. The first-order chi connectivity index (χ1) is 11.2. The van der Waals surface area contributed by atoms with Crippen molar-refractivity contribution in [3.05, 3.63) is 72.3 Å². The summed E-state index contributed by atoms with van der Waals surface area (Å²) in [5.74, 6) is 0.343. The summed E-state index contributed by atoms with van der Waals surface area (Å²) in [6.45, 7) is 0. The maximum atomic E-state index is 12.8. The zero-order chi connectivity index (χ0) is 16.2. The summed E-state index contributed by atoms with van der Waals surface area (Å²) in [5.41, 5.74) is 0.569. The Hall–Kier alpha value is -2.46. The SMILES string of the molecule is COc1ccc2ccccc2c1[S@](=O)CC(=O)c1ccccc1. The van der Waals surface area contributed by atoms with E-state index in [1.54, 1.807) is 37.4 Å². The highest BCUT2D eigenvalue weighted by Crippen LogP contribution is 2.31. The van der Waals surface area contributed by atoms with Gasteiger partial charge in [0.15, 0.2) is 5.78 Å². The van der Waals surface area contributed by atoms with E-state index in [1.807, 2.05) is 36.4 Å². The second kappa shape index (κ2) is 6.75. The molecule has 3 aromatic carbocycles. The van der Waals surface area contributed by atoms with Crippen molar-refractivity contribution in [3.63, 3.8) is 0 Å². The lowest BCUT2D eigenvalue weighted by molar-refractivity contribution is 0.102. The lowest BCUT2D eigenvalue weighted by Gasteiger charge is -2.11. The van der Waals surface area contributed by atoms with Crippen LogP contribution in [0.4, 0.5) is 0 Å². The fourth-order valence-corrected chi connectivity index (χ4v) is 3.87. The number of fused-ring (bicyclic) bond motifs is 1. The Morgan fingerprint density at radius 3 is 2.39 bits per heavy atom. The van der Waals surface area contributed by atoms with Crippen molar-refractivity contribution in [1.29, 1.82) is 0 Å². The minimum atomic E-state index is -1.47. The second-order valence-corrected chi connectivity index (χ2v) is 6.49. The smallest absolute Gasteiger partial charge is 0.175 e. The van der Waals surface area contributed by atoms with Crippen LogP contribution in [0.25, 0.3) is 10.8 Å². The Morgan fingerprint density at radius 1 is 0.957 bits per heavy atom. The molecule has 0 spiro atoms. The molecule has 0 saturated carbocycles. The molecule has 0 aromatic heterocycles. The van der Waals surface area contributed by atoms with Gasteiger partial charge in [0.25, 0.3) is 0 Å². The van der Waals surface area contributed by atoms with Crippen LogP contribution in [0.2, 0.25) is 0 Å². The van der Waals surface area contributed by atoms with Crippen molar-refractivity contribution in [2.24, 2.45) is 0 Å². The maximum absolute atomic E-state index is 12.8. The number of hydrogen-bond acceptors (Lipinski definition) is 3. The van der Waals surface area contributed by atoms with Crippen LogP contribution < -0.4 is 4.74 Å². The fraction of sp³-hybridized carbons (Fsp3) is 0.105. The van der Waals surface area contributed by atoms with Crippen LogP contribution in [-0.2, 0) is 10.8 Å². The number of benzene rings is 3. The van der Waals surface area contributed by atoms with Crippen molar-refractivity contribution in [2.45, 2.75) is 4.90 Å². The Bertz CT molecular complexity index is 872. The van der Waals surface area contributed by atoms with Crippen molar-refractivity contribution in [2.75, 3.05) is 12.9 Å². The van der Waals surface area contributed by atoms with Gasteiger partial charge in [-0.1, -0.05) is 60.7 Å². The number of Topliss-reactive ketones (excluding diaryl/α,β-unsaturated/α-hetero) is 1. The standard InChI is InChI=1S/C19H16O3S/c1-22-18-12-11-14-7-5-6-10-16(14)19(18)23(21)13-17(20)15-8-3-2-4-9-15/h2-12H,13H2,1H3/t23-/m1/s1. The van der Waals surface area contributed by atoms with Gasteiger partial charge in [0.05, 0.1) is 28.6 Å². The largest absolute Gasteiger partial charge is 0.495 e. The van der Waals surface area contributed by atoms with Gasteiger partial charge in [-0.2, -0.15) is 0 Å². The third kappa shape index (κ3) is 3.17. The maximum Gasteiger partial charge on any atom is 0.175 e. The number of carbonyl (C=O) groups excluding carboxylic acids is 1. The summed E-state index contributed by atoms with van der Waals surface area (Å²) in [4.78, 5) is 12.9. The van der Waals surface area contributed by atoms with E-state index in [4.69, 9.17) is 4.74 Å². The number of methoxy groups -OCH3 is 1. The first-order valence-electron chi connectivity index (χ1n) is 7.23. The molecule has 0 amide bonds. The summed E-state index contributed by atoms with van der Waals surface area (Å²) >= 11 is 0. The lowest BCUT2D eigenvalue weighted by Crippen LogP contribution is -2.12. The number of ether oxygens (including phenoxy) is 1. The lowest BCUT2D eigenvalue weighted by atomic mass is 10.1. The zero-order valence-electron chi connectivity index (χ0n) is 12.7. The molecule has 0 radical (unpaired) electrons. The molecular formula is C19H16O3S. The van der Waals surface area contributed by atoms with Crippen LogP contribution in [-0.4, -0.2) is 22.9 Å². The van der Waals surface area contributed by atoms with E-state index in [2.05, 4.69) is 0 Å². The normalized spacial score (nSPS) is 12.0. The molecule has 0 saturated heterocycles. The van der Waals surface area contributed by atoms with Gasteiger partial charge in [0, 0.05) is 10.9 Å². The predicted molar refractivity (Wildman–Crippen MR) is 92.5 cm³/mol. The Balaban J connectivity index is 1.99. The molecule has 116 valence electrons. The molecule has 3 nitrogen and oxygen atoms in total. The van der Waals surface area contributed by atoms with E-state index in [9.17, 15) is 9.00 Å². The minimum Gasteiger partial charge on any atom is -0.495 e. The monoisotopic (exact) mass is 324 g/mol. The molecule has 3 aromatic rings. The van der Waals surface area contributed by atoms with Gasteiger partial charge in [-0.05, 0) is 11.5 Å². The van der Waals surface area contributed by atoms with Gasteiger partial charge in [-0.3, -0.25) is 9.00 Å². The number of ketones is 1. The Kier molecular flexibility index (Phi) is 4.53. The molecule has 0 aliphatic rings. The molecule has 0 N–H and O–H groups in total. The van der Waals surface area contributed by atoms with E-state index in [1.165, 1.54) is 0 Å². The Labute approximate surface area is 137 Å². The average Bonchev–Trinajstić information content (AvgIpc) is 2.61. The molecule has 23 heavy (non-hydrogen) atoms. The van der Waals surface area contributed by atoms with Gasteiger partial charge in [-0.25, -0.2) is 0 Å². The quantitative estimate of drug-likeness (QED) is 0.670. The van der Waals surface area contributed by atoms with Crippen molar-refractivity contribution in [3.8, 4) is 5.75 Å². The minimum absolute atomic E-state index is 0.0611. The first-order valence-corrected chi connectivity index (χ1v) is 8.55. The molecule has 4 heteroatoms. The van der Waals surface area contributed by atoms with E-state index in [0.29, 0.717) is 16.2 Å². The highest BCUT2D eigenvalue weighted by atomic mass is 32.2. The Morgan fingerprint density at radius 2 is 1.65 bits per heavy atom. The summed E-state index contributed by atoms with van der Waals surface area (Å²) in [6, 6.07) is 20.3. The highest BCUT2D eigenvalue weighted by Gasteiger charge is 2.18. The second-order valence-electron chi connectivity index (χ2n) is 5.10. The fourth-order valence-electron chi connectivity index (χ4n) is 2.52. The summed E-state index contributed by atoms with van der Waals surface area (Å²) in [7, 11) is 0.0709. The van der Waals surface area contributed by atoms with Gasteiger partial charge in [0.2, 0.25) is 0 Å². The average molecular weight is 324 g/mol. The highest BCUT2D eigenvalue weighted by molar-refractivity contribution is 7.86. The predicted octanol–water partition coefficient (Wildman–Crippen LogP) is 3.84. The molecule has 0 aliphatic carbocycles. The van der Waals surface area contributed by atoms with Crippen molar-refractivity contribution in [1.82, 2.24) is 0 Å². The van der Waals surface area contributed by atoms with E-state index >= 15 is 0 Å². The van der Waals surface area contributed by atoms with Gasteiger partial charge in [0.1, 0.15) is 5.75 Å². The summed E-state index contributed by atoms with van der Waals surface area (Å²) in [6.07, 6.45) is 0. The molecule has 0 bridgehead atoms. The molecule has 3 rings (SSSR count). The zero-order valence-corrected chi connectivity index (χ0v) is 13.5. The summed E-state index contributed by atoms with van der Waals surface area (Å²) in [5, 5.41) is 1.83. The number of rotatable bonds is 5. The van der Waals surface area contributed by atoms with Crippen molar-refractivity contribution < 1.29 is 13.7 Å². The van der Waals surface area contributed by atoms with E-state index in [0.717, 1.165) is 10.8 Å². The summed E-state index contributed by atoms with van der Waals surface area (Å²) < 4.78 is 18.2. The first kappa shape index (κ1) is 15.4. The van der Waals surface area contributed by atoms with E-state index < -0.39 is 10.8 Å². The van der Waals surface area contributed by atoms with Crippen LogP contribution in [0.3, 0.4) is 0 Å². The number of carbonyl (C=O) groups is 1. The van der Waals surface area contributed by atoms with Gasteiger partial charge < -0.3 is 4.74 Å².